The fourth-order valence-electron chi connectivity index (χ4n) is 3.16. The van der Waals surface area contributed by atoms with E-state index in [4.69, 9.17) is 23.7 Å². The number of ether oxygens (including phenoxy) is 5. The lowest BCUT2D eigenvalue weighted by molar-refractivity contribution is -0.139. The fourth-order valence-corrected chi connectivity index (χ4v) is 3.60. The van der Waals surface area contributed by atoms with Crippen LogP contribution in [0.15, 0.2) is 108 Å². The Morgan fingerprint density at radius 1 is 0.714 bits per heavy atom. The summed E-state index contributed by atoms with van der Waals surface area (Å²) in [7, 11) is 0. The van der Waals surface area contributed by atoms with Gasteiger partial charge in [0.05, 0.1) is 10.2 Å². The van der Waals surface area contributed by atoms with Gasteiger partial charge in [0, 0.05) is 24.4 Å². The molecule has 0 heterocycles. The molecule has 3 aromatic rings. The Kier molecular flexibility index (Phi) is 12.8. The van der Waals surface area contributed by atoms with Gasteiger partial charge in [-0.15, -0.1) is 0 Å². The molecule has 3 rings (SSSR count). The van der Waals surface area contributed by atoms with Crippen LogP contribution >= 0.6 is 15.9 Å². The van der Waals surface area contributed by atoms with E-state index in [1.165, 1.54) is 6.08 Å². The molecule has 42 heavy (non-hydrogen) atoms. The minimum absolute atomic E-state index is 0.116. The minimum Gasteiger partial charge on any atom is -0.490 e. The molecule has 0 aliphatic heterocycles. The summed E-state index contributed by atoms with van der Waals surface area (Å²) in [5, 5.41) is 0. The van der Waals surface area contributed by atoms with Crippen LogP contribution in [0.2, 0.25) is 0 Å². The lowest BCUT2D eigenvalue weighted by Gasteiger charge is -2.07. The highest BCUT2D eigenvalue weighted by Crippen LogP contribution is 2.29. The van der Waals surface area contributed by atoms with E-state index in [2.05, 4.69) is 34.1 Å². The first-order valence-electron chi connectivity index (χ1n) is 12.6. The molecule has 216 valence electrons. The van der Waals surface area contributed by atoms with Gasteiger partial charge in [0.15, 0.2) is 0 Å². The summed E-state index contributed by atoms with van der Waals surface area (Å²) >= 11 is 3.42. The summed E-state index contributed by atoms with van der Waals surface area (Å²) in [6.45, 7) is 7.35. The number of nitrogens with zero attached hydrogens (tertiary/aromatic N) is 1. The summed E-state index contributed by atoms with van der Waals surface area (Å²) < 4.78 is 26.7. The van der Waals surface area contributed by atoms with Gasteiger partial charge < -0.3 is 23.7 Å². The number of benzene rings is 3. The number of aliphatic imine (C=N–C) groups is 1. The molecule has 0 fully saturated rings. The van der Waals surface area contributed by atoms with Gasteiger partial charge in [0.25, 0.3) is 0 Å². The van der Waals surface area contributed by atoms with Crippen LogP contribution in [-0.4, -0.2) is 50.6 Å². The maximum absolute atomic E-state index is 12.3. The second-order valence-corrected chi connectivity index (χ2v) is 9.06. The van der Waals surface area contributed by atoms with Gasteiger partial charge >= 0.3 is 17.9 Å². The molecule has 0 aromatic heterocycles. The molecule has 3 aromatic carbocycles. The highest BCUT2D eigenvalue weighted by atomic mass is 79.9. The topological polar surface area (TPSA) is 110 Å². The van der Waals surface area contributed by atoms with Gasteiger partial charge in [-0.05, 0) is 87.7 Å². The summed E-state index contributed by atoms with van der Waals surface area (Å²) in [4.78, 5) is 38.8. The highest BCUT2D eigenvalue weighted by molar-refractivity contribution is 9.10. The monoisotopic (exact) mass is 633 g/mol. The summed E-state index contributed by atoms with van der Waals surface area (Å²) in [5.74, 6) is 0.0485. The number of hydrogen-bond acceptors (Lipinski definition) is 9. The van der Waals surface area contributed by atoms with Crippen molar-refractivity contribution in [1.29, 1.82) is 0 Å². The van der Waals surface area contributed by atoms with E-state index < -0.39 is 17.9 Å². The van der Waals surface area contributed by atoms with E-state index >= 15 is 0 Å². The average Bonchev–Trinajstić information content (AvgIpc) is 3.01. The molecule has 0 saturated carbocycles. The zero-order chi connectivity index (χ0) is 30.2. The Hall–Kier alpha value is -4.96. The van der Waals surface area contributed by atoms with E-state index in [9.17, 15) is 14.4 Å². The molecule has 9 nitrogen and oxygen atoms in total. The predicted octanol–water partition coefficient (Wildman–Crippen LogP) is 6.03. The minimum atomic E-state index is -0.544. The Morgan fingerprint density at radius 2 is 1.26 bits per heavy atom. The summed E-state index contributed by atoms with van der Waals surface area (Å²) in [6, 6.07) is 19.4. The Morgan fingerprint density at radius 3 is 1.79 bits per heavy atom. The smallest absolute Gasteiger partial charge is 0.336 e. The van der Waals surface area contributed by atoms with Crippen molar-refractivity contribution >= 4 is 51.8 Å². The van der Waals surface area contributed by atoms with E-state index in [1.807, 2.05) is 12.1 Å². The second-order valence-electron chi connectivity index (χ2n) is 8.21. The largest absolute Gasteiger partial charge is 0.490 e. The molecule has 0 aliphatic carbocycles. The first kappa shape index (κ1) is 31.6. The van der Waals surface area contributed by atoms with Crippen molar-refractivity contribution in [3.05, 3.63) is 114 Å². The molecule has 0 saturated heterocycles. The van der Waals surface area contributed by atoms with Crippen LogP contribution < -0.4 is 14.2 Å². The number of esters is 3. The quantitative estimate of drug-likeness (QED) is 0.0655. The molecular weight excluding hydrogens is 606 g/mol. The number of carbonyl (C=O) groups is 3. The third-order valence-corrected chi connectivity index (χ3v) is 5.81. The second kappa shape index (κ2) is 17.0. The molecule has 0 amide bonds. The summed E-state index contributed by atoms with van der Waals surface area (Å²) in [5.41, 5.74) is 2.28. The number of hydrogen-bond donors (Lipinski definition) is 0. The first-order valence-corrected chi connectivity index (χ1v) is 13.4. The van der Waals surface area contributed by atoms with Crippen molar-refractivity contribution in [2.45, 2.75) is 0 Å². The normalized spacial score (nSPS) is 10.7. The van der Waals surface area contributed by atoms with Crippen LogP contribution in [0.5, 0.6) is 17.2 Å². The van der Waals surface area contributed by atoms with Gasteiger partial charge in [-0.3, -0.25) is 4.99 Å². The third kappa shape index (κ3) is 11.3. The van der Waals surface area contributed by atoms with Crippen LogP contribution in [0.25, 0.3) is 6.08 Å². The van der Waals surface area contributed by atoms with Crippen molar-refractivity contribution in [3.8, 4) is 17.2 Å². The third-order valence-electron chi connectivity index (χ3n) is 5.19. The number of carbonyl (C=O) groups excluding carboxylic acids is 3. The molecule has 10 heteroatoms. The molecule has 0 bridgehead atoms. The molecular formula is C32H28BrNO8. The highest BCUT2D eigenvalue weighted by Gasteiger charge is 2.07. The van der Waals surface area contributed by atoms with E-state index in [-0.39, 0.29) is 26.4 Å². The maximum atomic E-state index is 12.3. The van der Waals surface area contributed by atoms with Gasteiger partial charge in [0.1, 0.15) is 43.7 Å². The van der Waals surface area contributed by atoms with Crippen molar-refractivity contribution in [3.63, 3.8) is 0 Å². The Balaban J connectivity index is 1.45. The zero-order valence-corrected chi connectivity index (χ0v) is 24.2. The van der Waals surface area contributed by atoms with Crippen molar-refractivity contribution in [2.75, 3.05) is 26.4 Å². The standard InChI is InChI=1S/C32H28BrNO8/c1-3-30(35)40-19-17-38-26-11-5-23(6-12-26)9-16-32(37)42-29-15-10-25(21-28(29)33)34-22-24-7-13-27(14-8-24)39-18-20-41-31(36)4-2/h3-16,21-22H,1-2,17-20H2. The molecule has 0 unspecified atom stereocenters. The van der Waals surface area contributed by atoms with Crippen molar-refractivity contribution in [1.82, 2.24) is 0 Å². The molecule has 0 radical (unpaired) electrons. The maximum Gasteiger partial charge on any atom is 0.336 e. The van der Waals surface area contributed by atoms with Crippen LogP contribution in [0.1, 0.15) is 11.1 Å². The van der Waals surface area contributed by atoms with E-state index in [0.29, 0.717) is 27.4 Å². The Labute approximate surface area is 251 Å². The average molecular weight is 634 g/mol. The van der Waals surface area contributed by atoms with Gasteiger partial charge in [-0.25, -0.2) is 14.4 Å². The Bertz CT molecular complexity index is 1450. The molecule has 0 atom stereocenters. The fraction of sp³-hybridized carbons (Fsp3) is 0.125. The lowest BCUT2D eigenvalue weighted by Crippen LogP contribution is -2.10. The van der Waals surface area contributed by atoms with Gasteiger partial charge in [-0.2, -0.15) is 0 Å². The predicted molar refractivity (Wildman–Crippen MR) is 162 cm³/mol. The SMILES string of the molecule is C=CC(=O)OCCOc1ccc(C=CC(=O)Oc2ccc(N=Cc3ccc(OCCOC(=O)C=C)cc3)cc2Br)cc1. The van der Waals surface area contributed by atoms with E-state index in [1.54, 1.807) is 66.9 Å². The van der Waals surface area contributed by atoms with Gasteiger partial charge in [0.2, 0.25) is 0 Å². The lowest BCUT2D eigenvalue weighted by atomic mass is 10.2. The number of rotatable bonds is 15. The van der Waals surface area contributed by atoms with Gasteiger partial charge in [-0.1, -0.05) is 25.3 Å². The van der Waals surface area contributed by atoms with Crippen LogP contribution in [-0.2, 0) is 23.9 Å². The van der Waals surface area contributed by atoms with Crippen molar-refractivity contribution < 1.29 is 38.1 Å². The van der Waals surface area contributed by atoms with Crippen molar-refractivity contribution in [2.24, 2.45) is 4.99 Å². The molecule has 0 aliphatic rings. The van der Waals surface area contributed by atoms with Crippen LogP contribution in [0.4, 0.5) is 5.69 Å². The first-order chi connectivity index (χ1) is 20.4. The van der Waals surface area contributed by atoms with E-state index in [0.717, 1.165) is 23.3 Å². The molecule has 0 N–H and O–H groups in total. The van der Waals surface area contributed by atoms with Crippen LogP contribution in [0, 0.1) is 0 Å². The van der Waals surface area contributed by atoms with Crippen LogP contribution in [0.3, 0.4) is 0 Å². The number of halogens is 1. The zero-order valence-electron chi connectivity index (χ0n) is 22.6. The summed E-state index contributed by atoms with van der Waals surface area (Å²) in [6.07, 6.45) is 6.83. The molecule has 0 spiro atoms.